The van der Waals surface area contributed by atoms with Crippen molar-refractivity contribution in [3.63, 3.8) is 0 Å². The van der Waals surface area contributed by atoms with Crippen LogP contribution in [0.2, 0.25) is 0 Å². The lowest BCUT2D eigenvalue weighted by Crippen LogP contribution is -2.13. The minimum atomic E-state index is -0.536. The minimum Gasteiger partial charge on any atom is -0.493 e. The quantitative estimate of drug-likeness (QED) is 0.887. The Morgan fingerprint density at radius 1 is 1.56 bits per heavy atom. The SMILES string of the molecule is CC(C)(C#N)CCOc1ccc2c(c1)OCC2O. The van der Waals surface area contributed by atoms with Gasteiger partial charge in [0.25, 0.3) is 0 Å². The van der Waals surface area contributed by atoms with Crippen LogP contribution >= 0.6 is 0 Å². The van der Waals surface area contributed by atoms with Crippen molar-refractivity contribution in [2.24, 2.45) is 5.41 Å². The van der Waals surface area contributed by atoms with E-state index in [-0.39, 0.29) is 5.41 Å². The third-order valence-electron chi connectivity index (χ3n) is 3.04. The standard InChI is InChI=1S/C14H17NO3/c1-14(2,9-15)5-6-17-10-3-4-11-12(16)8-18-13(11)7-10/h3-4,7,12,16H,5-6,8H2,1-2H3. The van der Waals surface area contributed by atoms with Crippen LogP contribution in [0, 0.1) is 16.7 Å². The highest BCUT2D eigenvalue weighted by Gasteiger charge is 2.22. The van der Waals surface area contributed by atoms with E-state index in [1.54, 1.807) is 6.07 Å². The summed E-state index contributed by atoms with van der Waals surface area (Å²) >= 11 is 0. The molecule has 0 aromatic heterocycles. The van der Waals surface area contributed by atoms with Gasteiger partial charge >= 0.3 is 0 Å². The van der Waals surface area contributed by atoms with E-state index in [9.17, 15) is 5.11 Å². The molecule has 1 aromatic carbocycles. The van der Waals surface area contributed by atoms with Crippen LogP contribution in [-0.2, 0) is 0 Å². The molecule has 0 saturated carbocycles. The Kier molecular flexibility index (Phi) is 3.44. The number of rotatable bonds is 4. The fraction of sp³-hybridized carbons (Fsp3) is 0.500. The lowest BCUT2D eigenvalue weighted by molar-refractivity contribution is 0.140. The van der Waals surface area contributed by atoms with Gasteiger partial charge in [0.15, 0.2) is 0 Å². The van der Waals surface area contributed by atoms with E-state index in [4.69, 9.17) is 14.7 Å². The molecule has 1 atom stereocenters. The molecule has 1 unspecified atom stereocenters. The molecule has 1 N–H and O–H groups in total. The number of aliphatic hydroxyl groups is 1. The fourth-order valence-corrected chi connectivity index (χ4v) is 1.74. The lowest BCUT2D eigenvalue weighted by Gasteiger charge is -2.15. The zero-order valence-electron chi connectivity index (χ0n) is 10.6. The van der Waals surface area contributed by atoms with E-state index >= 15 is 0 Å². The lowest BCUT2D eigenvalue weighted by atomic mass is 9.92. The topological polar surface area (TPSA) is 62.5 Å². The van der Waals surface area contributed by atoms with Crippen LogP contribution in [0.5, 0.6) is 11.5 Å². The third-order valence-corrected chi connectivity index (χ3v) is 3.04. The van der Waals surface area contributed by atoms with Crippen LogP contribution in [0.25, 0.3) is 0 Å². The number of nitrogens with zero attached hydrogens (tertiary/aromatic N) is 1. The Bertz CT molecular complexity index is 476. The first-order valence-corrected chi connectivity index (χ1v) is 6.01. The summed E-state index contributed by atoms with van der Waals surface area (Å²) in [4.78, 5) is 0. The fourth-order valence-electron chi connectivity index (χ4n) is 1.74. The smallest absolute Gasteiger partial charge is 0.129 e. The highest BCUT2D eigenvalue weighted by molar-refractivity contribution is 5.44. The molecule has 0 radical (unpaired) electrons. The normalized spacial score (nSPS) is 17.8. The van der Waals surface area contributed by atoms with Gasteiger partial charge in [-0.2, -0.15) is 5.26 Å². The molecule has 4 heteroatoms. The zero-order chi connectivity index (χ0) is 13.2. The molecule has 1 aliphatic heterocycles. The molecule has 0 aliphatic carbocycles. The minimum absolute atomic E-state index is 0.306. The summed E-state index contributed by atoms with van der Waals surface area (Å²) in [5.74, 6) is 1.39. The average molecular weight is 247 g/mol. The highest BCUT2D eigenvalue weighted by Crippen LogP contribution is 2.35. The Morgan fingerprint density at radius 3 is 3.06 bits per heavy atom. The second kappa shape index (κ2) is 4.87. The highest BCUT2D eigenvalue weighted by atomic mass is 16.5. The van der Waals surface area contributed by atoms with Gasteiger partial charge in [-0.25, -0.2) is 0 Å². The summed E-state index contributed by atoms with van der Waals surface area (Å²) in [6.45, 7) is 4.57. The number of nitriles is 1. The Balaban J connectivity index is 1.94. The van der Waals surface area contributed by atoms with Crippen LogP contribution in [0.1, 0.15) is 31.9 Å². The molecule has 0 bridgehead atoms. The van der Waals surface area contributed by atoms with Gasteiger partial charge in [0.1, 0.15) is 24.2 Å². The van der Waals surface area contributed by atoms with Gasteiger partial charge in [0, 0.05) is 11.6 Å². The largest absolute Gasteiger partial charge is 0.493 e. The molecular formula is C14H17NO3. The molecule has 0 amide bonds. The summed E-state index contributed by atoms with van der Waals surface area (Å²) in [5.41, 5.74) is 0.434. The van der Waals surface area contributed by atoms with E-state index in [0.717, 1.165) is 5.56 Å². The van der Waals surface area contributed by atoms with E-state index in [2.05, 4.69) is 6.07 Å². The van der Waals surface area contributed by atoms with E-state index in [0.29, 0.717) is 31.1 Å². The Hall–Kier alpha value is -1.73. The molecule has 0 saturated heterocycles. The Labute approximate surface area is 107 Å². The molecule has 96 valence electrons. The first-order valence-electron chi connectivity index (χ1n) is 6.01. The number of benzene rings is 1. The number of hydrogen-bond donors (Lipinski definition) is 1. The molecular weight excluding hydrogens is 230 g/mol. The van der Waals surface area contributed by atoms with E-state index in [1.165, 1.54) is 0 Å². The van der Waals surface area contributed by atoms with Gasteiger partial charge in [0.2, 0.25) is 0 Å². The van der Waals surface area contributed by atoms with Crippen molar-refractivity contribution in [2.45, 2.75) is 26.4 Å². The molecule has 4 nitrogen and oxygen atoms in total. The molecule has 0 fully saturated rings. The van der Waals surface area contributed by atoms with Gasteiger partial charge in [0.05, 0.1) is 18.1 Å². The molecule has 1 heterocycles. The summed E-state index contributed by atoms with van der Waals surface area (Å²) in [7, 11) is 0. The second-order valence-electron chi connectivity index (χ2n) is 5.12. The van der Waals surface area contributed by atoms with E-state index in [1.807, 2.05) is 26.0 Å². The predicted octanol–water partition coefficient (Wildman–Crippen LogP) is 2.43. The molecule has 1 aliphatic rings. The predicted molar refractivity (Wildman–Crippen MR) is 66.4 cm³/mol. The first kappa shape index (κ1) is 12.7. The van der Waals surface area contributed by atoms with Gasteiger partial charge in [-0.15, -0.1) is 0 Å². The first-order chi connectivity index (χ1) is 8.52. The van der Waals surface area contributed by atoms with Crippen molar-refractivity contribution in [2.75, 3.05) is 13.2 Å². The van der Waals surface area contributed by atoms with Crippen LogP contribution in [0.4, 0.5) is 0 Å². The van der Waals surface area contributed by atoms with Crippen molar-refractivity contribution in [1.29, 1.82) is 5.26 Å². The van der Waals surface area contributed by atoms with Crippen molar-refractivity contribution in [1.82, 2.24) is 0 Å². The maximum Gasteiger partial charge on any atom is 0.129 e. The second-order valence-corrected chi connectivity index (χ2v) is 5.12. The van der Waals surface area contributed by atoms with Gasteiger partial charge < -0.3 is 14.6 Å². The zero-order valence-corrected chi connectivity index (χ0v) is 10.6. The van der Waals surface area contributed by atoms with Gasteiger partial charge in [-0.1, -0.05) is 0 Å². The summed E-state index contributed by atoms with van der Waals surface area (Å²) in [5, 5.41) is 18.5. The molecule has 18 heavy (non-hydrogen) atoms. The monoisotopic (exact) mass is 247 g/mol. The number of ether oxygens (including phenoxy) is 2. The van der Waals surface area contributed by atoms with Crippen LogP contribution < -0.4 is 9.47 Å². The maximum absolute atomic E-state index is 9.59. The average Bonchev–Trinajstić information content (AvgIpc) is 2.71. The van der Waals surface area contributed by atoms with Crippen LogP contribution in [-0.4, -0.2) is 18.3 Å². The van der Waals surface area contributed by atoms with E-state index < -0.39 is 6.10 Å². The molecule has 1 aromatic rings. The molecule has 2 rings (SSSR count). The van der Waals surface area contributed by atoms with Gasteiger partial charge in [-0.05, 0) is 32.4 Å². The maximum atomic E-state index is 9.59. The summed E-state index contributed by atoms with van der Waals surface area (Å²) < 4.78 is 10.9. The number of hydrogen-bond acceptors (Lipinski definition) is 4. The van der Waals surface area contributed by atoms with Crippen molar-refractivity contribution in [3.8, 4) is 17.6 Å². The molecule has 0 spiro atoms. The summed E-state index contributed by atoms with van der Waals surface area (Å²) in [6, 6.07) is 7.65. The number of fused-ring (bicyclic) bond motifs is 1. The summed E-state index contributed by atoms with van der Waals surface area (Å²) in [6.07, 6.45) is 0.135. The van der Waals surface area contributed by atoms with Crippen LogP contribution in [0.15, 0.2) is 18.2 Å². The Morgan fingerprint density at radius 2 is 2.33 bits per heavy atom. The van der Waals surface area contributed by atoms with Gasteiger partial charge in [-0.3, -0.25) is 0 Å². The third kappa shape index (κ3) is 2.74. The van der Waals surface area contributed by atoms with Crippen molar-refractivity contribution in [3.05, 3.63) is 23.8 Å². The van der Waals surface area contributed by atoms with Crippen molar-refractivity contribution >= 4 is 0 Å². The van der Waals surface area contributed by atoms with Crippen molar-refractivity contribution < 1.29 is 14.6 Å². The number of aliphatic hydroxyl groups excluding tert-OH is 1. The van der Waals surface area contributed by atoms with Crippen LogP contribution in [0.3, 0.4) is 0 Å².